The van der Waals surface area contributed by atoms with Crippen LogP contribution in [-0.2, 0) is 14.4 Å². The molecule has 5 nitrogen and oxygen atoms in total. The maximum absolute atomic E-state index is 12.8. The van der Waals surface area contributed by atoms with Crippen LogP contribution in [0.2, 0.25) is 0 Å². The molecule has 28 heavy (non-hydrogen) atoms. The number of carbonyl (C=O) groups is 3. The predicted molar refractivity (Wildman–Crippen MR) is 106 cm³/mol. The number of carboxylic acids is 1. The zero-order chi connectivity index (χ0) is 20.7. The van der Waals surface area contributed by atoms with Crippen LogP contribution in [0.3, 0.4) is 0 Å². The molecule has 5 heteroatoms. The minimum atomic E-state index is -0.744. The third kappa shape index (κ3) is 3.55. The molecule has 0 heterocycles. The Morgan fingerprint density at radius 1 is 1.18 bits per heavy atom. The van der Waals surface area contributed by atoms with E-state index in [0.717, 1.165) is 32.0 Å². The van der Waals surface area contributed by atoms with E-state index in [9.17, 15) is 19.5 Å². The average Bonchev–Trinajstić information content (AvgIpc) is 2.99. The van der Waals surface area contributed by atoms with Crippen molar-refractivity contribution in [2.24, 2.45) is 40.4 Å². The minimum absolute atomic E-state index is 0.0492. The Morgan fingerprint density at radius 3 is 2.50 bits per heavy atom. The van der Waals surface area contributed by atoms with Crippen molar-refractivity contribution in [2.75, 3.05) is 0 Å². The summed E-state index contributed by atoms with van der Waals surface area (Å²) in [5.41, 5.74) is -0.452. The lowest BCUT2D eigenvalue weighted by molar-refractivity contribution is -0.147. The van der Waals surface area contributed by atoms with Crippen molar-refractivity contribution in [3.63, 3.8) is 0 Å². The Balaban J connectivity index is 1.80. The second-order valence-corrected chi connectivity index (χ2v) is 10.3. The van der Waals surface area contributed by atoms with Crippen LogP contribution in [0.5, 0.6) is 0 Å². The highest BCUT2D eigenvalue weighted by atomic mass is 16.4. The number of rotatable bonds is 6. The lowest BCUT2D eigenvalue weighted by Gasteiger charge is -2.53. The van der Waals surface area contributed by atoms with Crippen LogP contribution in [0.4, 0.5) is 0 Å². The van der Waals surface area contributed by atoms with E-state index in [1.54, 1.807) is 0 Å². The second kappa shape index (κ2) is 7.89. The molecular formula is C23H36O5. The number of aliphatic hydroxyl groups excluding tert-OH is 1. The van der Waals surface area contributed by atoms with E-state index in [1.807, 2.05) is 6.92 Å². The number of aliphatic carboxylic acids is 1. The number of carbonyl (C=O) groups excluding carboxylic acids is 2. The van der Waals surface area contributed by atoms with E-state index in [-0.39, 0.29) is 41.8 Å². The largest absolute Gasteiger partial charge is 0.481 e. The highest BCUT2D eigenvalue weighted by molar-refractivity contribution is 5.86. The molecule has 0 bridgehead atoms. The Morgan fingerprint density at radius 2 is 1.89 bits per heavy atom. The first-order chi connectivity index (χ1) is 13.1. The van der Waals surface area contributed by atoms with Crippen molar-refractivity contribution in [3.05, 3.63) is 0 Å². The topological polar surface area (TPSA) is 91.7 Å². The number of aldehydes is 1. The van der Waals surface area contributed by atoms with Gasteiger partial charge in [-0.3, -0.25) is 9.59 Å². The normalized spacial score (nSPS) is 44.7. The highest BCUT2D eigenvalue weighted by Crippen LogP contribution is 2.63. The van der Waals surface area contributed by atoms with Crippen LogP contribution >= 0.6 is 0 Å². The van der Waals surface area contributed by atoms with Crippen LogP contribution in [0.25, 0.3) is 0 Å². The van der Waals surface area contributed by atoms with Gasteiger partial charge in [-0.05, 0) is 74.0 Å². The fourth-order valence-corrected chi connectivity index (χ4v) is 7.20. The van der Waals surface area contributed by atoms with Gasteiger partial charge in [0.2, 0.25) is 0 Å². The number of carboxylic acid groups (broad SMARTS) is 1. The van der Waals surface area contributed by atoms with Crippen molar-refractivity contribution in [1.82, 2.24) is 0 Å². The number of hydrogen-bond donors (Lipinski definition) is 2. The number of Topliss-reactive ketones (excluding diaryl/α,β-unsaturated/α-hetero) is 1. The van der Waals surface area contributed by atoms with Crippen molar-refractivity contribution < 1.29 is 24.6 Å². The van der Waals surface area contributed by atoms with Gasteiger partial charge in [-0.15, -0.1) is 0 Å². The van der Waals surface area contributed by atoms with Gasteiger partial charge in [0.25, 0.3) is 0 Å². The first-order valence-corrected chi connectivity index (χ1v) is 11.0. The van der Waals surface area contributed by atoms with E-state index in [1.165, 1.54) is 0 Å². The maximum Gasteiger partial charge on any atom is 0.303 e. The van der Waals surface area contributed by atoms with Gasteiger partial charge in [0.1, 0.15) is 12.1 Å². The van der Waals surface area contributed by atoms with Crippen LogP contribution in [-0.4, -0.2) is 34.4 Å². The lowest BCUT2D eigenvalue weighted by atomic mass is 9.50. The molecule has 8 atom stereocenters. The Kier molecular flexibility index (Phi) is 6.05. The summed E-state index contributed by atoms with van der Waals surface area (Å²) < 4.78 is 0. The monoisotopic (exact) mass is 392 g/mol. The van der Waals surface area contributed by atoms with Gasteiger partial charge < -0.3 is 15.0 Å². The average molecular weight is 393 g/mol. The van der Waals surface area contributed by atoms with E-state index < -0.39 is 17.5 Å². The van der Waals surface area contributed by atoms with E-state index in [0.29, 0.717) is 31.1 Å². The zero-order valence-corrected chi connectivity index (χ0v) is 17.5. The molecule has 3 rings (SSSR count). The summed E-state index contributed by atoms with van der Waals surface area (Å²) in [5, 5.41) is 18.9. The number of aliphatic hydroxyl groups is 1. The second-order valence-electron chi connectivity index (χ2n) is 10.3. The molecule has 0 saturated heterocycles. The molecule has 3 saturated carbocycles. The van der Waals surface area contributed by atoms with Gasteiger partial charge in [-0.1, -0.05) is 20.8 Å². The summed E-state index contributed by atoms with van der Waals surface area (Å²) in [6.07, 6.45) is 6.90. The Bertz CT molecular complexity index is 630. The molecular weight excluding hydrogens is 356 g/mol. The molecule has 158 valence electrons. The SMILES string of the molecule is CC(CCC(=O)O)C1CCC2C(C=O)C(C3(C)CCC(O)CC3=O)CCC12C. The summed E-state index contributed by atoms with van der Waals surface area (Å²) >= 11 is 0. The van der Waals surface area contributed by atoms with Gasteiger partial charge >= 0.3 is 5.97 Å². The van der Waals surface area contributed by atoms with Gasteiger partial charge in [0.05, 0.1) is 6.10 Å². The van der Waals surface area contributed by atoms with E-state index in [4.69, 9.17) is 5.11 Å². The predicted octanol–water partition coefficient (Wildman–Crippen LogP) is 3.87. The third-order valence-electron chi connectivity index (χ3n) is 8.94. The first-order valence-electron chi connectivity index (χ1n) is 11.0. The molecule has 0 amide bonds. The van der Waals surface area contributed by atoms with Crippen molar-refractivity contribution in [2.45, 2.75) is 84.7 Å². The summed E-state index contributed by atoms with van der Waals surface area (Å²) in [6.45, 7) is 6.48. The van der Waals surface area contributed by atoms with Crippen LogP contribution in [0, 0.1) is 40.4 Å². The molecule has 3 fully saturated rings. The molecule has 8 unspecified atom stereocenters. The standard InChI is InChI=1S/C23H36O5/c1-14(4-7-21(27)28)17-5-6-18-16(13-24)19(9-11-22(17,18)2)23(3)10-8-15(25)12-20(23)26/h13-19,25H,4-12H2,1-3H3,(H,27,28). The lowest BCUT2D eigenvalue weighted by Crippen LogP contribution is -2.52. The van der Waals surface area contributed by atoms with Gasteiger partial charge in [0.15, 0.2) is 0 Å². The molecule has 0 aliphatic heterocycles. The van der Waals surface area contributed by atoms with Gasteiger partial charge in [0, 0.05) is 24.2 Å². The van der Waals surface area contributed by atoms with E-state index >= 15 is 0 Å². The summed E-state index contributed by atoms with van der Waals surface area (Å²) in [6, 6.07) is 0. The van der Waals surface area contributed by atoms with Gasteiger partial charge in [-0.25, -0.2) is 0 Å². The quantitative estimate of drug-likeness (QED) is 0.670. The van der Waals surface area contributed by atoms with Crippen molar-refractivity contribution >= 4 is 18.0 Å². The molecule has 0 aromatic carbocycles. The molecule has 0 spiro atoms. The highest BCUT2D eigenvalue weighted by Gasteiger charge is 2.59. The summed E-state index contributed by atoms with van der Waals surface area (Å²) in [7, 11) is 0. The number of hydrogen-bond acceptors (Lipinski definition) is 4. The van der Waals surface area contributed by atoms with Crippen LogP contribution in [0.15, 0.2) is 0 Å². The zero-order valence-electron chi connectivity index (χ0n) is 17.5. The third-order valence-corrected chi connectivity index (χ3v) is 8.94. The van der Waals surface area contributed by atoms with Crippen molar-refractivity contribution in [3.8, 4) is 0 Å². The van der Waals surface area contributed by atoms with Crippen molar-refractivity contribution in [1.29, 1.82) is 0 Å². The summed E-state index contributed by atoms with van der Waals surface area (Å²) in [4.78, 5) is 36.1. The molecule has 0 radical (unpaired) electrons. The van der Waals surface area contributed by atoms with Crippen LogP contribution < -0.4 is 0 Å². The molecule has 0 aromatic rings. The first kappa shape index (κ1) is 21.5. The van der Waals surface area contributed by atoms with Gasteiger partial charge in [-0.2, -0.15) is 0 Å². The Labute approximate surface area is 168 Å². The molecule has 2 N–H and O–H groups in total. The number of fused-ring (bicyclic) bond motifs is 1. The fraction of sp³-hybridized carbons (Fsp3) is 0.870. The smallest absolute Gasteiger partial charge is 0.303 e. The fourth-order valence-electron chi connectivity index (χ4n) is 7.20. The molecule has 3 aliphatic carbocycles. The summed E-state index contributed by atoms with van der Waals surface area (Å²) in [5.74, 6) is 0.380. The Hall–Kier alpha value is -1.23. The molecule has 0 aromatic heterocycles. The number of ketones is 1. The molecule has 3 aliphatic rings. The maximum atomic E-state index is 12.8. The van der Waals surface area contributed by atoms with E-state index in [2.05, 4.69) is 13.8 Å². The minimum Gasteiger partial charge on any atom is -0.481 e. The van der Waals surface area contributed by atoms with Crippen LogP contribution in [0.1, 0.15) is 78.6 Å².